The van der Waals surface area contributed by atoms with Crippen molar-refractivity contribution in [2.75, 3.05) is 5.75 Å². The van der Waals surface area contributed by atoms with Gasteiger partial charge >= 0.3 is 5.97 Å². The number of rotatable bonds is 7. The van der Waals surface area contributed by atoms with Gasteiger partial charge in [-0.3, -0.25) is 0 Å². The summed E-state index contributed by atoms with van der Waals surface area (Å²) >= 11 is 0. The summed E-state index contributed by atoms with van der Waals surface area (Å²) < 4.78 is 34.7. The molecule has 2 aromatic carbocycles. The molecule has 0 amide bonds. The van der Waals surface area contributed by atoms with Gasteiger partial charge < -0.3 is 9.26 Å². The Kier molecular flexibility index (Phi) is 6.12. The van der Waals surface area contributed by atoms with Crippen molar-refractivity contribution in [3.63, 3.8) is 0 Å². The molecule has 0 aliphatic heterocycles. The van der Waals surface area contributed by atoms with E-state index in [1.807, 2.05) is 24.3 Å². The first-order valence-corrected chi connectivity index (χ1v) is 10.9. The fourth-order valence-electron chi connectivity index (χ4n) is 2.71. The summed E-state index contributed by atoms with van der Waals surface area (Å²) in [5, 5.41) is 3.91. The Labute approximate surface area is 169 Å². The molecule has 0 fully saturated rings. The summed E-state index contributed by atoms with van der Waals surface area (Å²) in [5.41, 5.74) is 1.97. The van der Waals surface area contributed by atoms with Crippen molar-refractivity contribution in [1.82, 2.24) is 10.1 Å². The van der Waals surface area contributed by atoms with Gasteiger partial charge in [0.25, 0.3) is 5.89 Å². The van der Waals surface area contributed by atoms with Gasteiger partial charge in [0, 0.05) is 5.56 Å². The summed E-state index contributed by atoms with van der Waals surface area (Å²) in [6.45, 7) is 5.49. The number of hydrogen-bond acceptors (Lipinski definition) is 7. The lowest BCUT2D eigenvalue weighted by molar-refractivity contribution is 0.0425. The van der Waals surface area contributed by atoms with Crippen LogP contribution >= 0.6 is 0 Å². The predicted molar refractivity (Wildman–Crippen MR) is 107 cm³/mol. The highest BCUT2D eigenvalue weighted by atomic mass is 32.2. The average molecular weight is 414 g/mol. The lowest BCUT2D eigenvalue weighted by Crippen LogP contribution is -2.13. The number of sulfone groups is 1. The quantitative estimate of drug-likeness (QED) is 0.539. The summed E-state index contributed by atoms with van der Waals surface area (Å²) in [6.07, 6.45) is 0. The Morgan fingerprint density at radius 1 is 1.10 bits per heavy atom. The maximum absolute atomic E-state index is 12.4. The number of benzene rings is 2. The Morgan fingerprint density at radius 3 is 2.45 bits per heavy atom. The minimum absolute atomic E-state index is 0.0154. The van der Waals surface area contributed by atoms with E-state index in [0.717, 1.165) is 5.56 Å². The van der Waals surface area contributed by atoms with Crippen LogP contribution < -0.4 is 0 Å². The lowest BCUT2D eigenvalue weighted by atomic mass is 10.0. The van der Waals surface area contributed by atoms with E-state index in [1.54, 1.807) is 12.1 Å². The molecule has 0 aliphatic carbocycles. The van der Waals surface area contributed by atoms with E-state index in [-0.39, 0.29) is 28.7 Å². The normalized spacial score (nSPS) is 11.6. The summed E-state index contributed by atoms with van der Waals surface area (Å²) in [4.78, 5) is 16.6. The third-order valence-electron chi connectivity index (χ3n) is 4.45. The predicted octanol–water partition coefficient (Wildman–Crippen LogP) is 4.01. The molecule has 3 aromatic rings. The molecule has 8 heteroatoms. The van der Waals surface area contributed by atoms with Gasteiger partial charge in [-0.1, -0.05) is 62.3 Å². The number of aromatic nitrogens is 2. The van der Waals surface area contributed by atoms with Crippen LogP contribution in [0.4, 0.5) is 0 Å². The second-order valence-electron chi connectivity index (χ2n) is 6.76. The van der Waals surface area contributed by atoms with Gasteiger partial charge in [0.1, 0.15) is 0 Å². The fraction of sp³-hybridized carbons (Fsp3) is 0.286. The zero-order valence-electron chi connectivity index (χ0n) is 16.5. The van der Waals surface area contributed by atoms with E-state index in [9.17, 15) is 13.2 Å². The molecule has 0 saturated carbocycles. The Morgan fingerprint density at radius 2 is 1.79 bits per heavy atom. The van der Waals surface area contributed by atoms with Crippen molar-refractivity contribution in [2.45, 2.75) is 38.2 Å². The second-order valence-corrected chi connectivity index (χ2v) is 9.01. The minimum atomic E-state index is -3.55. The zero-order valence-corrected chi connectivity index (χ0v) is 17.3. The van der Waals surface area contributed by atoms with Crippen LogP contribution in [0.2, 0.25) is 0 Å². The molecule has 0 spiro atoms. The van der Waals surface area contributed by atoms with E-state index in [1.165, 1.54) is 24.6 Å². The summed E-state index contributed by atoms with van der Waals surface area (Å²) in [7, 11) is -3.55. The Hall–Kier alpha value is -3.00. The Balaban J connectivity index is 1.71. The number of nitrogens with zero attached hydrogens (tertiary/aromatic N) is 2. The maximum atomic E-state index is 12.4. The molecule has 7 nitrogen and oxygen atoms in total. The van der Waals surface area contributed by atoms with Crippen molar-refractivity contribution >= 4 is 15.8 Å². The number of carbonyl (C=O) groups excluding carboxylic acids is 1. The summed E-state index contributed by atoms with van der Waals surface area (Å²) in [5.74, 6) is 0.0553. The SMILES string of the molecule is CCS(=O)(=O)c1ccccc1C(=O)OCc1nc(-c2ccc(C(C)C)cc2)no1. The lowest BCUT2D eigenvalue weighted by Gasteiger charge is -2.08. The molecule has 0 radical (unpaired) electrons. The van der Waals surface area contributed by atoms with Gasteiger partial charge in [-0.25, -0.2) is 13.2 Å². The molecule has 3 rings (SSSR count). The van der Waals surface area contributed by atoms with Gasteiger partial charge in [0.2, 0.25) is 5.82 Å². The second kappa shape index (κ2) is 8.57. The van der Waals surface area contributed by atoms with E-state index in [2.05, 4.69) is 24.0 Å². The first-order valence-electron chi connectivity index (χ1n) is 9.23. The van der Waals surface area contributed by atoms with Gasteiger partial charge in [-0.2, -0.15) is 4.98 Å². The van der Waals surface area contributed by atoms with Crippen molar-refractivity contribution < 1.29 is 22.5 Å². The minimum Gasteiger partial charge on any atom is -0.452 e. The van der Waals surface area contributed by atoms with E-state index in [4.69, 9.17) is 9.26 Å². The van der Waals surface area contributed by atoms with Gasteiger partial charge in [-0.15, -0.1) is 0 Å². The molecule has 1 aromatic heterocycles. The zero-order chi connectivity index (χ0) is 21.0. The molecule has 0 aliphatic rings. The van der Waals surface area contributed by atoms with Crippen molar-refractivity contribution in [1.29, 1.82) is 0 Å². The highest BCUT2D eigenvalue weighted by Gasteiger charge is 2.22. The van der Waals surface area contributed by atoms with Crippen LogP contribution in [0.1, 0.15) is 48.5 Å². The number of carbonyl (C=O) groups is 1. The van der Waals surface area contributed by atoms with Crippen LogP contribution in [0.15, 0.2) is 57.9 Å². The molecular formula is C21H22N2O5S. The highest BCUT2D eigenvalue weighted by molar-refractivity contribution is 7.91. The molecule has 1 heterocycles. The van der Waals surface area contributed by atoms with Crippen LogP contribution in [0.5, 0.6) is 0 Å². The first kappa shape index (κ1) is 20.7. The molecule has 0 saturated heterocycles. The first-order chi connectivity index (χ1) is 13.8. The van der Waals surface area contributed by atoms with Crippen LogP contribution in [0, 0.1) is 0 Å². The van der Waals surface area contributed by atoms with Gasteiger partial charge in [-0.05, 0) is 23.6 Å². The highest BCUT2D eigenvalue weighted by Crippen LogP contribution is 2.21. The van der Waals surface area contributed by atoms with Gasteiger partial charge in [0.05, 0.1) is 16.2 Å². The molecule has 0 N–H and O–H groups in total. The van der Waals surface area contributed by atoms with Crippen molar-refractivity contribution in [2.24, 2.45) is 0 Å². The van der Waals surface area contributed by atoms with E-state index < -0.39 is 15.8 Å². The number of esters is 1. The molecule has 0 atom stereocenters. The topological polar surface area (TPSA) is 99.4 Å². The third-order valence-corrected chi connectivity index (χ3v) is 6.24. The third kappa shape index (κ3) is 4.71. The smallest absolute Gasteiger partial charge is 0.339 e. The van der Waals surface area contributed by atoms with Crippen molar-refractivity contribution in [3.05, 3.63) is 65.5 Å². The van der Waals surface area contributed by atoms with Crippen LogP contribution in [-0.2, 0) is 21.2 Å². The average Bonchev–Trinajstić information content (AvgIpc) is 3.21. The van der Waals surface area contributed by atoms with Crippen LogP contribution in [-0.4, -0.2) is 30.3 Å². The molecule has 0 unspecified atom stereocenters. The molecule has 0 bridgehead atoms. The van der Waals surface area contributed by atoms with Crippen LogP contribution in [0.3, 0.4) is 0 Å². The van der Waals surface area contributed by atoms with Crippen LogP contribution in [0.25, 0.3) is 11.4 Å². The molecular weight excluding hydrogens is 392 g/mol. The number of hydrogen-bond donors (Lipinski definition) is 0. The number of ether oxygens (including phenoxy) is 1. The molecule has 29 heavy (non-hydrogen) atoms. The maximum Gasteiger partial charge on any atom is 0.339 e. The molecule has 152 valence electrons. The standard InChI is InChI=1S/C21H22N2O5S/c1-4-29(25,26)18-8-6-5-7-17(18)21(24)27-13-19-22-20(23-28-19)16-11-9-15(10-12-16)14(2)3/h5-12,14H,4,13H2,1-3H3. The van der Waals surface area contributed by atoms with Crippen molar-refractivity contribution in [3.8, 4) is 11.4 Å². The summed E-state index contributed by atoms with van der Waals surface area (Å²) in [6, 6.07) is 13.8. The fourth-order valence-corrected chi connectivity index (χ4v) is 3.80. The van der Waals surface area contributed by atoms with Gasteiger partial charge in [0.15, 0.2) is 16.4 Å². The van der Waals surface area contributed by atoms with E-state index >= 15 is 0 Å². The Bertz CT molecular complexity index is 1100. The largest absolute Gasteiger partial charge is 0.452 e. The van der Waals surface area contributed by atoms with E-state index in [0.29, 0.717) is 11.7 Å². The monoisotopic (exact) mass is 414 g/mol.